The number of amides is 1. The van der Waals surface area contributed by atoms with Crippen LogP contribution in [0.3, 0.4) is 0 Å². The number of likely N-dealkylation sites (tertiary alicyclic amines) is 1. The van der Waals surface area contributed by atoms with Crippen molar-refractivity contribution in [3.8, 4) is 0 Å². The Morgan fingerprint density at radius 1 is 1.30 bits per heavy atom. The molecule has 0 spiro atoms. The van der Waals surface area contributed by atoms with Crippen LogP contribution in [0.15, 0.2) is 24.3 Å². The summed E-state index contributed by atoms with van der Waals surface area (Å²) < 4.78 is 0. The van der Waals surface area contributed by atoms with Crippen molar-refractivity contribution in [2.24, 2.45) is 11.7 Å². The van der Waals surface area contributed by atoms with Crippen LogP contribution in [0.5, 0.6) is 0 Å². The van der Waals surface area contributed by atoms with E-state index in [0.29, 0.717) is 24.9 Å². The number of nitrogens with two attached hydrogens (primary N) is 1. The standard InChI is InChI=1S/C17H26N2O/c1-3-14-4-6-15(7-5-14)8-9-17(20)19-12-16(11-18)10-13(19)2/h4-7,13,16H,3,8-12,18H2,1-2H3. The predicted molar refractivity (Wildman–Crippen MR) is 82.5 cm³/mol. The van der Waals surface area contributed by atoms with E-state index in [-0.39, 0.29) is 5.91 Å². The third-order valence-corrected chi connectivity index (χ3v) is 4.37. The molecule has 2 N–H and O–H groups in total. The van der Waals surface area contributed by atoms with E-state index in [1.165, 1.54) is 11.1 Å². The predicted octanol–water partition coefficient (Wildman–Crippen LogP) is 2.38. The number of aryl methyl sites for hydroxylation is 2. The molecule has 1 aliphatic heterocycles. The van der Waals surface area contributed by atoms with Crippen LogP contribution in [0.4, 0.5) is 0 Å². The molecule has 3 nitrogen and oxygen atoms in total. The number of nitrogens with zero attached hydrogens (tertiary/aromatic N) is 1. The Labute approximate surface area is 122 Å². The molecule has 3 heteroatoms. The Kier molecular flexibility index (Phi) is 5.18. The summed E-state index contributed by atoms with van der Waals surface area (Å²) in [4.78, 5) is 14.3. The molecule has 0 saturated carbocycles. The van der Waals surface area contributed by atoms with Crippen LogP contribution in [-0.2, 0) is 17.6 Å². The molecule has 20 heavy (non-hydrogen) atoms. The summed E-state index contributed by atoms with van der Waals surface area (Å²) in [6, 6.07) is 8.94. The second kappa shape index (κ2) is 6.89. The van der Waals surface area contributed by atoms with E-state index in [9.17, 15) is 4.79 Å². The lowest BCUT2D eigenvalue weighted by atomic mass is 10.1. The zero-order valence-electron chi connectivity index (χ0n) is 12.6. The van der Waals surface area contributed by atoms with Crippen molar-refractivity contribution >= 4 is 5.91 Å². The van der Waals surface area contributed by atoms with Crippen molar-refractivity contribution in [2.75, 3.05) is 13.1 Å². The highest BCUT2D eigenvalue weighted by atomic mass is 16.2. The summed E-state index contributed by atoms with van der Waals surface area (Å²) in [6.45, 7) is 5.81. The molecule has 1 heterocycles. The maximum absolute atomic E-state index is 12.3. The lowest BCUT2D eigenvalue weighted by molar-refractivity contribution is -0.131. The van der Waals surface area contributed by atoms with E-state index in [1.54, 1.807) is 0 Å². The molecular formula is C17H26N2O. The first kappa shape index (κ1) is 15.0. The Hall–Kier alpha value is -1.35. The van der Waals surface area contributed by atoms with Crippen LogP contribution in [0.25, 0.3) is 0 Å². The lowest BCUT2D eigenvalue weighted by Gasteiger charge is -2.21. The average molecular weight is 274 g/mol. The molecule has 110 valence electrons. The highest BCUT2D eigenvalue weighted by Crippen LogP contribution is 2.23. The average Bonchev–Trinajstić information content (AvgIpc) is 2.86. The minimum Gasteiger partial charge on any atom is -0.340 e. The van der Waals surface area contributed by atoms with Crippen LogP contribution < -0.4 is 5.73 Å². The molecule has 2 unspecified atom stereocenters. The van der Waals surface area contributed by atoms with Crippen LogP contribution in [0.1, 0.15) is 37.8 Å². The van der Waals surface area contributed by atoms with Gasteiger partial charge in [0.25, 0.3) is 0 Å². The number of hydrogen-bond donors (Lipinski definition) is 1. The Morgan fingerprint density at radius 2 is 1.95 bits per heavy atom. The number of benzene rings is 1. The molecule has 1 fully saturated rings. The third kappa shape index (κ3) is 3.60. The molecule has 1 aromatic rings. The highest BCUT2D eigenvalue weighted by Gasteiger charge is 2.30. The first-order chi connectivity index (χ1) is 9.63. The fourth-order valence-electron chi connectivity index (χ4n) is 3.00. The van der Waals surface area contributed by atoms with Crippen LogP contribution >= 0.6 is 0 Å². The van der Waals surface area contributed by atoms with Crippen molar-refractivity contribution < 1.29 is 4.79 Å². The fourth-order valence-corrected chi connectivity index (χ4v) is 3.00. The largest absolute Gasteiger partial charge is 0.340 e. The smallest absolute Gasteiger partial charge is 0.223 e. The van der Waals surface area contributed by atoms with E-state index >= 15 is 0 Å². The van der Waals surface area contributed by atoms with Gasteiger partial charge in [0, 0.05) is 19.0 Å². The topological polar surface area (TPSA) is 46.3 Å². The van der Waals surface area contributed by atoms with Crippen molar-refractivity contribution in [1.82, 2.24) is 4.90 Å². The molecule has 1 amide bonds. The van der Waals surface area contributed by atoms with Crippen LogP contribution in [0, 0.1) is 5.92 Å². The summed E-state index contributed by atoms with van der Waals surface area (Å²) in [5, 5.41) is 0. The van der Waals surface area contributed by atoms with E-state index in [1.807, 2.05) is 4.90 Å². The molecule has 0 aromatic heterocycles. The number of carbonyl (C=O) groups is 1. The molecule has 2 atom stereocenters. The monoisotopic (exact) mass is 274 g/mol. The molecule has 0 radical (unpaired) electrons. The number of rotatable bonds is 5. The summed E-state index contributed by atoms with van der Waals surface area (Å²) in [5.41, 5.74) is 8.31. The third-order valence-electron chi connectivity index (χ3n) is 4.37. The van der Waals surface area contributed by atoms with Gasteiger partial charge in [0.1, 0.15) is 0 Å². The van der Waals surface area contributed by atoms with Crippen LogP contribution in [-0.4, -0.2) is 29.9 Å². The summed E-state index contributed by atoms with van der Waals surface area (Å²) >= 11 is 0. The quantitative estimate of drug-likeness (QED) is 0.896. The Bertz CT molecular complexity index is 441. The van der Waals surface area contributed by atoms with Crippen molar-refractivity contribution in [1.29, 1.82) is 0 Å². The van der Waals surface area contributed by atoms with Gasteiger partial charge in [-0.25, -0.2) is 0 Å². The van der Waals surface area contributed by atoms with Gasteiger partial charge in [0.15, 0.2) is 0 Å². The van der Waals surface area contributed by atoms with Gasteiger partial charge in [-0.05, 0) is 49.8 Å². The van der Waals surface area contributed by atoms with Gasteiger partial charge in [-0.2, -0.15) is 0 Å². The van der Waals surface area contributed by atoms with Crippen molar-refractivity contribution in [3.63, 3.8) is 0 Å². The number of carbonyl (C=O) groups excluding carboxylic acids is 1. The molecule has 0 bridgehead atoms. The van der Waals surface area contributed by atoms with Crippen molar-refractivity contribution in [3.05, 3.63) is 35.4 Å². The van der Waals surface area contributed by atoms with Gasteiger partial charge in [-0.3, -0.25) is 4.79 Å². The Morgan fingerprint density at radius 3 is 2.50 bits per heavy atom. The Balaban J connectivity index is 1.85. The summed E-state index contributed by atoms with van der Waals surface area (Å²) in [7, 11) is 0. The molecule has 0 aliphatic carbocycles. The minimum atomic E-state index is 0.271. The fraction of sp³-hybridized carbons (Fsp3) is 0.588. The molecule has 1 saturated heterocycles. The molecule has 1 aromatic carbocycles. The maximum atomic E-state index is 12.3. The van der Waals surface area contributed by atoms with E-state index in [2.05, 4.69) is 38.1 Å². The minimum absolute atomic E-state index is 0.271. The van der Waals surface area contributed by atoms with Gasteiger partial charge in [0.05, 0.1) is 0 Å². The summed E-state index contributed by atoms with van der Waals surface area (Å²) in [5.74, 6) is 0.755. The lowest BCUT2D eigenvalue weighted by Crippen LogP contribution is -2.34. The van der Waals surface area contributed by atoms with Gasteiger partial charge in [-0.15, -0.1) is 0 Å². The first-order valence-electron chi connectivity index (χ1n) is 7.71. The molecular weight excluding hydrogens is 248 g/mol. The second-order valence-corrected chi connectivity index (χ2v) is 5.90. The van der Waals surface area contributed by atoms with Gasteiger partial charge in [0.2, 0.25) is 5.91 Å². The molecule has 2 rings (SSSR count). The van der Waals surface area contributed by atoms with Gasteiger partial charge in [-0.1, -0.05) is 31.2 Å². The zero-order valence-corrected chi connectivity index (χ0v) is 12.6. The van der Waals surface area contributed by atoms with E-state index < -0.39 is 0 Å². The second-order valence-electron chi connectivity index (χ2n) is 5.90. The van der Waals surface area contributed by atoms with Crippen molar-refractivity contribution in [2.45, 2.75) is 45.6 Å². The molecule has 1 aliphatic rings. The van der Waals surface area contributed by atoms with Gasteiger partial charge >= 0.3 is 0 Å². The SMILES string of the molecule is CCc1ccc(CCC(=O)N2CC(CN)CC2C)cc1. The van der Waals surface area contributed by atoms with E-state index in [0.717, 1.165) is 25.8 Å². The zero-order chi connectivity index (χ0) is 14.5. The maximum Gasteiger partial charge on any atom is 0.223 e. The normalized spacial score (nSPS) is 22.2. The van der Waals surface area contributed by atoms with E-state index in [4.69, 9.17) is 5.73 Å². The van der Waals surface area contributed by atoms with Gasteiger partial charge < -0.3 is 10.6 Å². The highest BCUT2D eigenvalue weighted by molar-refractivity contribution is 5.77. The number of hydrogen-bond acceptors (Lipinski definition) is 2. The summed E-state index contributed by atoms with van der Waals surface area (Å²) in [6.07, 6.45) is 3.55. The van der Waals surface area contributed by atoms with Crippen LogP contribution in [0.2, 0.25) is 0 Å². The first-order valence-corrected chi connectivity index (χ1v) is 7.71.